The van der Waals surface area contributed by atoms with Crippen molar-refractivity contribution in [2.75, 3.05) is 18.5 Å². The number of carbonyl (C=O) groups is 1. The van der Waals surface area contributed by atoms with Crippen LogP contribution >= 0.6 is 0 Å². The Labute approximate surface area is 207 Å². The zero-order valence-corrected chi connectivity index (χ0v) is 21.4. The minimum absolute atomic E-state index is 0.0409. The van der Waals surface area contributed by atoms with Gasteiger partial charge in [0.15, 0.2) is 0 Å². The lowest BCUT2D eigenvalue weighted by Crippen LogP contribution is -2.38. The van der Waals surface area contributed by atoms with E-state index in [2.05, 4.69) is 46.9 Å². The van der Waals surface area contributed by atoms with Crippen molar-refractivity contribution < 1.29 is 19.7 Å². The van der Waals surface area contributed by atoms with E-state index in [1.807, 2.05) is 54.6 Å². The van der Waals surface area contributed by atoms with Crippen LogP contribution in [0.1, 0.15) is 69.4 Å². The molecule has 0 aromatic heterocycles. The van der Waals surface area contributed by atoms with E-state index in [1.165, 1.54) is 0 Å². The molecule has 5 heteroatoms. The Hall–Kier alpha value is -3.31. The number of aliphatic hydroxyl groups excluding tert-OH is 1. The molecule has 5 nitrogen and oxygen atoms in total. The van der Waals surface area contributed by atoms with Gasteiger partial charge in [0, 0.05) is 22.4 Å². The Bertz CT molecular complexity index is 1270. The van der Waals surface area contributed by atoms with Crippen molar-refractivity contribution in [3.63, 3.8) is 0 Å². The number of nitrogens with one attached hydrogen (secondary N) is 1. The van der Waals surface area contributed by atoms with E-state index in [9.17, 15) is 15.0 Å². The Morgan fingerprint density at radius 2 is 1.43 bits per heavy atom. The van der Waals surface area contributed by atoms with Gasteiger partial charge < -0.3 is 20.3 Å². The average Bonchev–Trinajstić information content (AvgIpc) is 3.08. The molecule has 1 amide bonds. The number of aromatic hydroxyl groups is 1. The van der Waals surface area contributed by atoms with Crippen LogP contribution in [0.2, 0.25) is 0 Å². The minimum Gasteiger partial charge on any atom is -0.508 e. The van der Waals surface area contributed by atoms with Crippen molar-refractivity contribution in [3.05, 3.63) is 88.5 Å². The topological polar surface area (TPSA) is 78.8 Å². The van der Waals surface area contributed by atoms with E-state index in [1.54, 1.807) is 6.07 Å². The third-order valence-electron chi connectivity index (χ3n) is 6.78. The maximum Gasteiger partial charge on any atom is 0.244 e. The quantitative estimate of drug-likeness (QED) is 0.448. The van der Waals surface area contributed by atoms with E-state index in [4.69, 9.17) is 4.74 Å². The molecule has 184 valence electrons. The molecular formula is C30H35NO4. The highest BCUT2D eigenvalue weighted by Crippen LogP contribution is 2.53. The molecule has 0 fully saturated rings. The number of phenolic OH excluding ortho intramolecular Hbond substituents is 1. The van der Waals surface area contributed by atoms with Gasteiger partial charge in [-0.15, -0.1) is 0 Å². The molecule has 0 radical (unpaired) electrons. The fourth-order valence-electron chi connectivity index (χ4n) is 4.81. The van der Waals surface area contributed by atoms with Crippen LogP contribution in [0.5, 0.6) is 11.5 Å². The largest absolute Gasteiger partial charge is 0.508 e. The maximum atomic E-state index is 14.1. The average molecular weight is 474 g/mol. The first-order valence-electron chi connectivity index (χ1n) is 12.0. The van der Waals surface area contributed by atoms with E-state index < -0.39 is 5.41 Å². The smallest absolute Gasteiger partial charge is 0.244 e. The highest BCUT2D eigenvalue weighted by atomic mass is 16.5. The minimum atomic E-state index is -1.34. The van der Waals surface area contributed by atoms with Crippen LogP contribution in [0, 0.1) is 0 Å². The number of hydrogen-bond donors (Lipinski definition) is 3. The van der Waals surface area contributed by atoms with Crippen molar-refractivity contribution in [1.29, 1.82) is 0 Å². The lowest BCUT2D eigenvalue weighted by Gasteiger charge is -2.34. The van der Waals surface area contributed by atoms with Gasteiger partial charge in [0.2, 0.25) is 5.91 Å². The molecule has 0 unspecified atom stereocenters. The summed E-state index contributed by atoms with van der Waals surface area (Å²) in [5.41, 5.74) is 2.93. The number of hydrogen-bond acceptors (Lipinski definition) is 4. The van der Waals surface area contributed by atoms with E-state index in [0.29, 0.717) is 22.6 Å². The molecule has 3 aromatic rings. The molecule has 0 saturated heterocycles. The number of amides is 1. The molecular weight excluding hydrogens is 438 g/mol. The van der Waals surface area contributed by atoms with Gasteiger partial charge in [-0.05, 0) is 52.3 Å². The summed E-state index contributed by atoms with van der Waals surface area (Å²) in [6, 6.07) is 19.0. The fourth-order valence-corrected chi connectivity index (χ4v) is 4.81. The second-order valence-corrected chi connectivity index (χ2v) is 11.3. The fraction of sp³-hybridized carbons (Fsp3) is 0.367. The summed E-state index contributed by atoms with van der Waals surface area (Å²) >= 11 is 0. The van der Waals surface area contributed by atoms with Gasteiger partial charge in [0.05, 0.1) is 6.61 Å². The van der Waals surface area contributed by atoms with Gasteiger partial charge in [0.25, 0.3) is 0 Å². The van der Waals surface area contributed by atoms with Crippen LogP contribution in [0.15, 0.2) is 60.7 Å². The molecule has 1 aliphatic rings. The summed E-state index contributed by atoms with van der Waals surface area (Å²) in [6.45, 7) is 12.6. The summed E-state index contributed by atoms with van der Waals surface area (Å²) in [5, 5.41) is 23.8. The third-order valence-corrected chi connectivity index (χ3v) is 6.78. The molecule has 0 aliphatic carbocycles. The third kappa shape index (κ3) is 4.19. The van der Waals surface area contributed by atoms with Crippen LogP contribution in [0.25, 0.3) is 0 Å². The second-order valence-electron chi connectivity index (χ2n) is 11.3. The molecule has 3 N–H and O–H groups in total. The number of carbonyl (C=O) groups excluding carboxylic acids is 1. The van der Waals surface area contributed by atoms with Crippen LogP contribution in [0.4, 0.5) is 5.69 Å². The predicted molar refractivity (Wildman–Crippen MR) is 139 cm³/mol. The van der Waals surface area contributed by atoms with Crippen LogP contribution in [0.3, 0.4) is 0 Å². The summed E-state index contributed by atoms with van der Waals surface area (Å²) in [7, 11) is 0. The zero-order valence-electron chi connectivity index (χ0n) is 21.4. The molecule has 35 heavy (non-hydrogen) atoms. The number of para-hydroxylation sites is 1. The molecule has 1 heterocycles. The monoisotopic (exact) mass is 473 g/mol. The van der Waals surface area contributed by atoms with E-state index in [-0.39, 0.29) is 35.7 Å². The number of rotatable bonds is 5. The van der Waals surface area contributed by atoms with Crippen LogP contribution in [-0.4, -0.2) is 29.3 Å². The van der Waals surface area contributed by atoms with E-state index in [0.717, 1.165) is 16.7 Å². The first-order valence-corrected chi connectivity index (χ1v) is 12.0. The van der Waals surface area contributed by atoms with Crippen molar-refractivity contribution in [2.45, 2.75) is 57.8 Å². The summed E-state index contributed by atoms with van der Waals surface area (Å²) in [5.74, 6) is 0.290. The number of anilines is 1. The second kappa shape index (κ2) is 8.72. The van der Waals surface area contributed by atoms with Gasteiger partial charge in [-0.25, -0.2) is 0 Å². The van der Waals surface area contributed by atoms with Crippen molar-refractivity contribution in [1.82, 2.24) is 0 Å². The lowest BCUT2D eigenvalue weighted by atomic mass is 9.67. The molecule has 4 rings (SSSR count). The maximum absolute atomic E-state index is 14.1. The van der Waals surface area contributed by atoms with Crippen LogP contribution < -0.4 is 10.1 Å². The van der Waals surface area contributed by atoms with Crippen molar-refractivity contribution >= 4 is 11.6 Å². The Morgan fingerprint density at radius 1 is 0.829 bits per heavy atom. The SMILES string of the molecule is CC(C)(C)c1ccc(O)c([C@@]2(c3cc(C(C)(C)C)ccc3OCCO)C(=O)Nc3ccccc32)c1. The first-order chi connectivity index (χ1) is 16.4. The van der Waals surface area contributed by atoms with Gasteiger partial charge in [-0.3, -0.25) is 4.79 Å². The molecule has 3 aromatic carbocycles. The van der Waals surface area contributed by atoms with Gasteiger partial charge in [-0.2, -0.15) is 0 Å². The molecule has 1 aliphatic heterocycles. The number of aliphatic hydroxyl groups is 1. The van der Waals surface area contributed by atoms with Crippen molar-refractivity contribution in [2.24, 2.45) is 0 Å². The summed E-state index contributed by atoms with van der Waals surface area (Å²) in [4.78, 5) is 14.1. The zero-order chi connectivity index (χ0) is 25.6. The number of fused-ring (bicyclic) bond motifs is 1. The van der Waals surface area contributed by atoms with Crippen LogP contribution in [-0.2, 0) is 21.0 Å². The highest BCUT2D eigenvalue weighted by molar-refractivity contribution is 6.12. The van der Waals surface area contributed by atoms with Crippen molar-refractivity contribution in [3.8, 4) is 11.5 Å². The summed E-state index contributed by atoms with van der Waals surface area (Å²) < 4.78 is 6.00. The van der Waals surface area contributed by atoms with Gasteiger partial charge in [0.1, 0.15) is 23.5 Å². The predicted octanol–water partition coefficient (Wildman–Crippen LogP) is 5.64. The number of benzene rings is 3. The highest BCUT2D eigenvalue weighted by Gasteiger charge is 2.53. The van der Waals surface area contributed by atoms with Gasteiger partial charge in [-0.1, -0.05) is 71.9 Å². The lowest BCUT2D eigenvalue weighted by molar-refractivity contribution is -0.118. The Morgan fingerprint density at radius 3 is 2.06 bits per heavy atom. The molecule has 1 atom stereocenters. The molecule has 0 saturated carbocycles. The Balaban J connectivity index is 2.15. The van der Waals surface area contributed by atoms with Gasteiger partial charge >= 0.3 is 0 Å². The Kier molecular flexibility index (Phi) is 6.18. The normalized spacial score (nSPS) is 17.7. The number of ether oxygens (including phenoxy) is 1. The first kappa shape index (κ1) is 24.8. The standard InChI is InChI=1S/C30H35NO4/c1-28(2,3)19-11-13-25(33)22(17-19)30(21-9-7-8-10-24(21)31-27(30)34)23-18-20(29(4,5)6)12-14-26(23)35-16-15-32/h7-14,17-18,32-33H,15-16H2,1-6H3,(H,31,34)/t30-/m0/s1. The van der Waals surface area contributed by atoms with E-state index >= 15 is 0 Å². The summed E-state index contributed by atoms with van der Waals surface area (Å²) in [6.07, 6.45) is 0. The molecule has 0 bridgehead atoms. The number of phenols is 1. The molecule has 0 spiro atoms.